The molecule has 0 spiro atoms. The van der Waals surface area contributed by atoms with Crippen LogP contribution >= 0.6 is 0 Å². The number of hydrogen-bond acceptors (Lipinski definition) is 5. The summed E-state index contributed by atoms with van der Waals surface area (Å²) in [4.78, 5) is 35.9. The summed E-state index contributed by atoms with van der Waals surface area (Å²) in [5.74, 6) is -1.10. The van der Waals surface area contributed by atoms with E-state index in [4.69, 9.17) is 0 Å². The van der Waals surface area contributed by atoms with Crippen molar-refractivity contribution < 1.29 is 18.9 Å². The van der Waals surface area contributed by atoms with Crippen LogP contribution in [0.25, 0.3) is 0 Å². The topological polar surface area (TPSA) is 105 Å². The highest BCUT2D eigenvalue weighted by Crippen LogP contribution is 2.29. The number of hydrogen-bond donors (Lipinski definition) is 2. The third kappa shape index (κ3) is 3.94. The van der Waals surface area contributed by atoms with Gasteiger partial charge in [-0.1, -0.05) is 0 Å². The fraction of sp³-hybridized carbons (Fsp3) is 0.176. The van der Waals surface area contributed by atoms with E-state index in [0.717, 1.165) is 0 Å². The summed E-state index contributed by atoms with van der Waals surface area (Å²) in [7, 11) is 0. The van der Waals surface area contributed by atoms with Gasteiger partial charge in [0.15, 0.2) is 0 Å². The molecule has 0 atom stereocenters. The van der Waals surface area contributed by atoms with Crippen molar-refractivity contribution >= 4 is 34.6 Å². The van der Waals surface area contributed by atoms with Crippen molar-refractivity contribution in [2.24, 2.45) is 0 Å². The Bertz CT molecular complexity index is 870. The van der Waals surface area contributed by atoms with Crippen LogP contribution in [0.3, 0.4) is 0 Å². The van der Waals surface area contributed by atoms with Gasteiger partial charge in [0.25, 0.3) is 5.69 Å². The molecule has 0 saturated heterocycles. The van der Waals surface area contributed by atoms with E-state index in [1.807, 2.05) is 0 Å². The van der Waals surface area contributed by atoms with Crippen LogP contribution in [0.2, 0.25) is 0 Å². The SMILES string of the molecule is O=C(CN1CCC(=O)Nc2cc(F)ccc21)Nc1ccc([N+](=O)[O-])cc1. The lowest BCUT2D eigenvalue weighted by molar-refractivity contribution is -0.384. The van der Waals surface area contributed by atoms with Gasteiger partial charge in [0.05, 0.1) is 22.8 Å². The molecule has 1 heterocycles. The second-order valence-corrected chi connectivity index (χ2v) is 5.73. The molecule has 26 heavy (non-hydrogen) atoms. The largest absolute Gasteiger partial charge is 0.360 e. The molecule has 1 aliphatic rings. The standard InChI is InChI=1S/C17H15FN4O4/c18-11-1-6-15-14(9-11)20-16(23)7-8-21(15)10-17(24)19-12-2-4-13(5-3-12)22(25)26/h1-6,9H,7-8,10H2,(H,19,24)(H,20,23). The molecule has 2 amide bonds. The maximum atomic E-state index is 13.4. The first-order valence-corrected chi connectivity index (χ1v) is 7.81. The van der Waals surface area contributed by atoms with Crippen LogP contribution in [0.5, 0.6) is 0 Å². The molecule has 2 aromatic carbocycles. The Morgan fingerprint density at radius 2 is 2.00 bits per heavy atom. The van der Waals surface area contributed by atoms with Crippen LogP contribution in [0, 0.1) is 15.9 Å². The molecular formula is C17H15FN4O4. The van der Waals surface area contributed by atoms with Gasteiger partial charge in [0, 0.05) is 30.8 Å². The molecule has 3 rings (SSSR count). The average molecular weight is 358 g/mol. The maximum absolute atomic E-state index is 13.4. The van der Waals surface area contributed by atoms with Crippen molar-refractivity contribution in [1.82, 2.24) is 0 Å². The molecule has 0 aliphatic carbocycles. The predicted molar refractivity (Wildman–Crippen MR) is 93.6 cm³/mol. The smallest absolute Gasteiger partial charge is 0.269 e. The first kappa shape index (κ1) is 17.3. The van der Waals surface area contributed by atoms with E-state index >= 15 is 0 Å². The summed E-state index contributed by atoms with van der Waals surface area (Å²) < 4.78 is 13.4. The van der Waals surface area contributed by atoms with Gasteiger partial charge in [0.1, 0.15) is 5.82 Å². The van der Waals surface area contributed by atoms with Crippen molar-refractivity contribution in [2.45, 2.75) is 6.42 Å². The van der Waals surface area contributed by atoms with E-state index in [9.17, 15) is 24.1 Å². The molecule has 0 saturated carbocycles. The summed E-state index contributed by atoms with van der Waals surface area (Å²) in [6.45, 7) is 0.253. The number of amides is 2. The van der Waals surface area contributed by atoms with Gasteiger partial charge < -0.3 is 15.5 Å². The lowest BCUT2D eigenvalue weighted by Gasteiger charge is -2.23. The Balaban J connectivity index is 1.72. The van der Waals surface area contributed by atoms with Crippen molar-refractivity contribution in [3.63, 3.8) is 0 Å². The summed E-state index contributed by atoms with van der Waals surface area (Å²) in [6, 6.07) is 9.44. The van der Waals surface area contributed by atoms with Gasteiger partial charge in [0.2, 0.25) is 11.8 Å². The van der Waals surface area contributed by atoms with Gasteiger partial charge in [-0.05, 0) is 30.3 Å². The molecule has 0 fully saturated rings. The van der Waals surface area contributed by atoms with Crippen molar-refractivity contribution in [3.05, 3.63) is 58.4 Å². The summed E-state index contributed by atoms with van der Waals surface area (Å²) in [5, 5.41) is 15.9. The number of rotatable bonds is 4. The van der Waals surface area contributed by atoms with Gasteiger partial charge in [-0.3, -0.25) is 19.7 Å². The molecule has 9 heteroatoms. The highest BCUT2D eigenvalue weighted by Gasteiger charge is 2.21. The molecule has 0 radical (unpaired) electrons. The second-order valence-electron chi connectivity index (χ2n) is 5.73. The normalized spacial score (nSPS) is 13.4. The highest BCUT2D eigenvalue weighted by molar-refractivity contribution is 5.99. The van der Waals surface area contributed by atoms with Crippen LogP contribution in [-0.4, -0.2) is 29.8 Å². The number of nitro benzene ring substituents is 1. The van der Waals surface area contributed by atoms with E-state index in [0.29, 0.717) is 23.6 Å². The number of halogens is 1. The molecule has 1 aliphatic heterocycles. The Hall–Kier alpha value is -3.49. The highest BCUT2D eigenvalue weighted by atomic mass is 19.1. The van der Waals surface area contributed by atoms with Gasteiger partial charge in [-0.25, -0.2) is 4.39 Å². The quantitative estimate of drug-likeness (QED) is 0.645. The van der Waals surface area contributed by atoms with Crippen molar-refractivity contribution in [3.8, 4) is 0 Å². The van der Waals surface area contributed by atoms with Gasteiger partial charge in [-0.15, -0.1) is 0 Å². The maximum Gasteiger partial charge on any atom is 0.269 e. The lowest BCUT2D eigenvalue weighted by Crippen LogP contribution is -2.34. The van der Waals surface area contributed by atoms with E-state index in [-0.39, 0.29) is 30.5 Å². The number of nitro groups is 1. The first-order valence-electron chi connectivity index (χ1n) is 7.81. The van der Waals surface area contributed by atoms with Gasteiger partial charge >= 0.3 is 0 Å². The number of fused-ring (bicyclic) bond motifs is 1. The third-order valence-electron chi connectivity index (χ3n) is 3.88. The number of benzene rings is 2. The Morgan fingerprint density at radius 1 is 1.27 bits per heavy atom. The van der Waals surface area contributed by atoms with E-state index in [1.54, 1.807) is 4.90 Å². The Morgan fingerprint density at radius 3 is 2.69 bits per heavy atom. The van der Waals surface area contributed by atoms with Crippen LogP contribution in [0.1, 0.15) is 6.42 Å². The minimum absolute atomic E-state index is 0.0510. The van der Waals surface area contributed by atoms with Crippen molar-refractivity contribution in [2.75, 3.05) is 28.6 Å². The Labute approximate surface area is 147 Å². The molecule has 0 unspecified atom stereocenters. The number of carbonyl (C=O) groups is 2. The number of non-ortho nitro benzene ring substituents is 1. The number of nitrogens with zero attached hydrogens (tertiary/aromatic N) is 2. The van der Waals surface area contributed by atoms with Crippen LogP contribution in [0.4, 0.5) is 27.1 Å². The van der Waals surface area contributed by atoms with E-state index < -0.39 is 10.7 Å². The zero-order valence-corrected chi connectivity index (χ0v) is 13.6. The minimum Gasteiger partial charge on any atom is -0.360 e. The fourth-order valence-corrected chi connectivity index (χ4v) is 2.66. The Kier molecular flexibility index (Phi) is 4.78. The molecule has 0 aromatic heterocycles. The van der Waals surface area contributed by atoms with E-state index in [1.165, 1.54) is 42.5 Å². The zero-order valence-electron chi connectivity index (χ0n) is 13.6. The van der Waals surface area contributed by atoms with Crippen LogP contribution in [-0.2, 0) is 9.59 Å². The summed E-state index contributed by atoms with van der Waals surface area (Å²) in [6.07, 6.45) is 0.168. The summed E-state index contributed by atoms with van der Waals surface area (Å²) in [5.41, 5.74) is 1.21. The van der Waals surface area contributed by atoms with Crippen LogP contribution < -0.4 is 15.5 Å². The van der Waals surface area contributed by atoms with Crippen LogP contribution in [0.15, 0.2) is 42.5 Å². The minimum atomic E-state index is -0.525. The number of anilines is 3. The monoisotopic (exact) mass is 358 g/mol. The second kappa shape index (κ2) is 7.18. The molecule has 2 aromatic rings. The number of nitrogens with one attached hydrogen (secondary N) is 2. The molecule has 8 nitrogen and oxygen atoms in total. The number of carbonyl (C=O) groups excluding carboxylic acids is 2. The lowest BCUT2D eigenvalue weighted by atomic mass is 10.2. The molecule has 2 N–H and O–H groups in total. The average Bonchev–Trinajstić information content (AvgIpc) is 2.73. The molecule has 134 valence electrons. The van der Waals surface area contributed by atoms with E-state index in [2.05, 4.69) is 10.6 Å². The summed E-state index contributed by atoms with van der Waals surface area (Å²) >= 11 is 0. The molecule has 0 bridgehead atoms. The third-order valence-corrected chi connectivity index (χ3v) is 3.88. The zero-order chi connectivity index (χ0) is 18.7. The van der Waals surface area contributed by atoms with Crippen molar-refractivity contribution in [1.29, 1.82) is 0 Å². The first-order chi connectivity index (χ1) is 12.4. The predicted octanol–water partition coefficient (Wildman–Crippen LogP) is 2.52. The van der Waals surface area contributed by atoms with Gasteiger partial charge in [-0.2, -0.15) is 0 Å². The fourth-order valence-electron chi connectivity index (χ4n) is 2.66. The molecular weight excluding hydrogens is 343 g/mol.